The maximum Gasteiger partial charge on any atom is 0.257 e. The molecule has 9 heteroatoms. The summed E-state index contributed by atoms with van der Waals surface area (Å²) in [5.74, 6) is -0.00820. The summed E-state index contributed by atoms with van der Waals surface area (Å²) in [6.45, 7) is 6.67. The van der Waals surface area contributed by atoms with Crippen molar-refractivity contribution in [1.29, 1.82) is 0 Å². The topological polar surface area (TPSA) is 112 Å². The van der Waals surface area contributed by atoms with Crippen molar-refractivity contribution in [2.45, 2.75) is 46.3 Å². The molecule has 0 saturated carbocycles. The Hall–Kier alpha value is -3.88. The van der Waals surface area contributed by atoms with Crippen LogP contribution in [0, 0.1) is 5.92 Å². The van der Waals surface area contributed by atoms with E-state index in [1.54, 1.807) is 30.6 Å². The summed E-state index contributed by atoms with van der Waals surface area (Å²) in [4.78, 5) is 43.5. The van der Waals surface area contributed by atoms with Crippen LogP contribution in [0.5, 0.6) is 11.5 Å². The fourth-order valence-corrected chi connectivity index (χ4v) is 3.93. The molecular formula is C25H28N4O5. The lowest BCUT2D eigenvalue weighted by Gasteiger charge is -2.24. The number of ether oxygens (including phenoxy) is 2. The van der Waals surface area contributed by atoms with E-state index in [0.717, 1.165) is 5.56 Å². The number of aryl methyl sites for hydroxylation is 1. The Balaban J connectivity index is 1.61. The summed E-state index contributed by atoms with van der Waals surface area (Å²) < 4.78 is 12.7. The highest BCUT2D eigenvalue weighted by atomic mass is 16.7. The highest BCUT2D eigenvalue weighted by Gasteiger charge is 2.28. The average Bonchev–Trinajstić information content (AvgIpc) is 3.33. The predicted molar refractivity (Wildman–Crippen MR) is 127 cm³/mol. The summed E-state index contributed by atoms with van der Waals surface area (Å²) in [5.41, 5.74) is 1.06. The predicted octanol–water partition coefficient (Wildman–Crippen LogP) is 2.61. The molecule has 0 aliphatic carbocycles. The number of nitrogens with zero attached hydrogens (tertiary/aromatic N) is 2. The molecule has 178 valence electrons. The van der Waals surface area contributed by atoms with Crippen molar-refractivity contribution < 1.29 is 19.1 Å². The van der Waals surface area contributed by atoms with E-state index in [1.165, 1.54) is 6.20 Å². The van der Waals surface area contributed by atoms with E-state index in [1.807, 2.05) is 31.4 Å². The van der Waals surface area contributed by atoms with Gasteiger partial charge in [-0.15, -0.1) is 0 Å². The van der Waals surface area contributed by atoms with E-state index in [0.29, 0.717) is 41.9 Å². The lowest BCUT2D eigenvalue weighted by atomic mass is 9.97. The van der Waals surface area contributed by atoms with E-state index in [-0.39, 0.29) is 24.2 Å². The second-order valence-corrected chi connectivity index (χ2v) is 8.30. The maximum absolute atomic E-state index is 13.3. The molecule has 0 unspecified atom stereocenters. The number of hydrogen-bond donors (Lipinski definition) is 2. The Morgan fingerprint density at radius 1 is 1.21 bits per heavy atom. The molecule has 0 saturated heterocycles. The zero-order chi connectivity index (χ0) is 24.2. The average molecular weight is 465 g/mol. The normalized spacial score (nSPS) is 14.0. The number of fused-ring (bicyclic) bond motifs is 2. The number of carbonyl (C=O) groups excluding carboxylic acids is 2. The first kappa shape index (κ1) is 23.3. The van der Waals surface area contributed by atoms with Gasteiger partial charge in [-0.2, -0.15) is 0 Å². The van der Waals surface area contributed by atoms with Crippen LogP contribution in [0.3, 0.4) is 0 Å². The summed E-state index contributed by atoms with van der Waals surface area (Å²) in [6.07, 6.45) is 5.54. The van der Waals surface area contributed by atoms with E-state index < -0.39 is 17.4 Å². The van der Waals surface area contributed by atoms with Gasteiger partial charge in [0.15, 0.2) is 11.5 Å². The monoisotopic (exact) mass is 464 g/mol. The molecular weight excluding hydrogens is 436 g/mol. The third-order valence-electron chi connectivity index (χ3n) is 6.13. The first-order chi connectivity index (χ1) is 16.4. The molecule has 2 N–H and O–H groups in total. The molecule has 3 aromatic rings. The Morgan fingerprint density at radius 2 is 1.97 bits per heavy atom. The van der Waals surface area contributed by atoms with Crippen LogP contribution in [-0.2, 0) is 17.9 Å². The number of nitrogens with one attached hydrogen (secondary N) is 2. The van der Waals surface area contributed by atoms with Gasteiger partial charge in [-0.05, 0) is 30.5 Å². The van der Waals surface area contributed by atoms with Crippen LogP contribution in [0.2, 0.25) is 0 Å². The van der Waals surface area contributed by atoms with Gasteiger partial charge in [-0.3, -0.25) is 19.4 Å². The molecule has 0 radical (unpaired) electrons. The zero-order valence-electron chi connectivity index (χ0n) is 19.5. The molecule has 3 heterocycles. The Bertz CT molecular complexity index is 1270. The highest BCUT2D eigenvalue weighted by Crippen LogP contribution is 2.35. The quantitative estimate of drug-likeness (QED) is 0.530. The molecule has 0 fully saturated rings. The SMILES string of the molecule is CC[C@@H](C)[C@H](NC(=O)c1cn(CC)c2cc3c(cc2c1=O)OCO3)C(=O)NCc1cccnc1. The number of pyridine rings is 2. The number of hydrogen-bond acceptors (Lipinski definition) is 6. The third kappa shape index (κ3) is 4.59. The van der Waals surface area contributed by atoms with Crippen LogP contribution >= 0.6 is 0 Å². The minimum absolute atomic E-state index is 0.0263. The molecule has 2 amide bonds. The van der Waals surface area contributed by atoms with Crippen molar-refractivity contribution in [1.82, 2.24) is 20.2 Å². The Labute approximate surface area is 197 Å². The molecule has 0 bridgehead atoms. The van der Waals surface area contributed by atoms with Gasteiger partial charge in [-0.25, -0.2) is 0 Å². The third-order valence-corrected chi connectivity index (χ3v) is 6.13. The van der Waals surface area contributed by atoms with E-state index in [2.05, 4.69) is 15.6 Å². The second kappa shape index (κ2) is 9.94. The largest absolute Gasteiger partial charge is 0.454 e. The standard InChI is InChI=1S/C25H28N4O5/c1-4-15(3)22(25(32)27-12-16-7-6-8-26-11-16)28-24(31)18-13-29(5-2)19-10-21-20(33-14-34-21)9-17(19)23(18)30/h6-11,13,15,22H,4-5,12,14H2,1-3H3,(H,27,32)(H,28,31)/t15-,22+/m1/s1. The number of aromatic nitrogens is 2. The van der Waals surface area contributed by atoms with Gasteiger partial charge in [0, 0.05) is 37.7 Å². The molecule has 34 heavy (non-hydrogen) atoms. The molecule has 4 rings (SSSR count). The van der Waals surface area contributed by atoms with Gasteiger partial charge >= 0.3 is 0 Å². The number of carbonyl (C=O) groups is 2. The van der Waals surface area contributed by atoms with Crippen LogP contribution in [0.1, 0.15) is 43.1 Å². The second-order valence-electron chi connectivity index (χ2n) is 8.30. The van der Waals surface area contributed by atoms with Crippen molar-refractivity contribution in [3.8, 4) is 11.5 Å². The van der Waals surface area contributed by atoms with Crippen LogP contribution in [0.25, 0.3) is 10.9 Å². The van der Waals surface area contributed by atoms with Crippen molar-refractivity contribution >= 4 is 22.7 Å². The Kier molecular flexibility index (Phi) is 6.81. The summed E-state index contributed by atoms with van der Waals surface area (Å²) in [5, 5.41) is 6.01. The zero-order valence-corrected chi connectivity index (χ0v) is 19.5. The maximum atomic E-state index is 13.3. The summed E-state index contributed by atoms with van der Waals surface area (Å²) in [6, 6.07) is 6.21. The minimum Gasteiger partial charge on any atom is -0.454 e. The van der Waals surface area contributed by atoms with Crippen molar-refractivity contribution in [2.75, 3.05) is 6.79 Å². The van der Waals surface area contributed by atoms with Crippen molar-refractivity contribution in [3.05, 3.63) is 64.2 Å². The number of benzene rings is 1. The Morgan fingerprint density at radius 3 is 2.65 bits per heavy atom. The molecule has 9 nitrogen and oxygen atoms in total. The highest BCUT2D eigenvalue weighted by molar-refractivity contribution is 6.00. The minimum atomic E-state index is -0.795. The molecule has 1 aliphatic rings. The molecule has 1 aliphatic heterocycles. The molecule has 1 aromatic carbocycles. The van der Waals surface area contributed by atoms with Crippen LogP contribution in [-0.4, -0.2) is 34.2 Å². The van der Waals surface area contributed by atoms with Crippen LogP contribution < -0.4 is 25.5 Å². The number of rotatable bonds is 8. The van der Waals surface area contributed by atoms with Gasteiger partial charge in [0.1, 0.15) is 11.6 Å². The summed E-state index contributed by atoms with van der Waals surface area (Å²) >= 11 is 0. The van der Waals surface area contributed by atoms with Gasteiger partial charge in [0.25, 0.3) is 5.91 Å². The molecule has 2 atom stereocenters. The fraction of sp³-hybridized carbons (Fsp3) is 0.360. The lowest BCUT2D eigenvalue weighted by Crippen LogP contribution is -2.50. The summed E-state index contributed by atoms with van der Waals surface area (Å²) in [7, 11) is 0. The van der Waals surface area contributed by atoms with Gasteiger partial charge in [-0.1, -0.05) is 26.3 Å². The van der Waals surface area contributed by atoms with Gasteiger partial charge in [0.05, 0.1) is 10.9 Å². The van der Waals surface area contributed by atoms with Crippen molar-refractivity contribution in [2.24, 2.45) is 5.92 Å². The fourth-order valence-electron chi connectivity index (χ4n) is 3.93. The number of amides is 2. The smallest absolute Gasteiger partial charge is 0.257 e. The van der Waals surface area contributed by atoms with E-state index >= 15 is 0 Å². The van der Waals surface area contributed by atoms with Gasteiger partial charge in [0.2, 0.25) is 18.1 Å². The lowest BCUT2D eigenvalue weighted by molar-refractivity contribution is -0.124. The first-order valence-electron chi connectivity index (χ1n) is 11.4. The van der Waals surface area contributed by atoms with Crippen LogP contribution in [0.15, 0.2) is 47.7 Å². The molecule has 2 aromatic heterocycles. The van der Waals surface area contributed by atoms with Crippen molar-refractivity contribution in [3.63, 3.8) is 0 Å². The van der Waals surface area contributed by atoms with E-state index in [4.69, 9.17) is 9.47 Å². The molecule has 0 spiro atoms. The first-order valence-corrected chi connectivity index (χ1v) is 11.4. The van der Waals surface area contributed by atoms with Crippen LogP contribution in [0.4, 0.5) is 0 Å². The van der Waals surface area contributed by atoms with Gasteiger partial charge < -0.3 is 24.7 Å². The van der Waals surface area contributed by atoms with E-state index in [9.17, 15) is 14.4 Å².